The highest BCUT2D eigenvalue weighted by Crippen LogP contribution is 2.46. The summed E-state index contributed by atoms with van der Waals surface area (Å²) in [7, 11) is 0. The molecule has 3 nitrogen and oxygen atoms in total. The number of para-hydroxylation sites is 1. The van der Waals surface area contributed by atoms with Crippen molar-refractivity contribution in [2.45, 2.75) is 37.2 Å². The van der Waals surface area contributed by atoms with Crippen molar-refractivity contribution in [2.24, 2.45) is 11.7 Å². The van der Waals surface area contributed by atoms with Crippen molar-refractivity contribution in [3.05, 3.63) is 29.8 Å². The van der Waals surface area contributed by atoms with Gasteiger partial charge in [-0.25, -0.2) is 0 Å². The van der Waals surface area contributed by atoms with E-state index in [1.165, 1.54) is 6.42 Å². The SMILES string of the molecule is NCC1(C(O)C2CCC2)CCOc2ccccc21. The quantitative estimate of drug-likeness (QED) is 0.856. The fourth-order valence-corrected chi connectivity index (χ4v) is 3.33. The van der Waals surface area contributed by atoms with Gasteiger partial charge in [-0.1, -0.05) is 24.6 Å². The van der Waals surface area contributed by atoms with Crippen LogP contribution in [0, 0.1) is 5.92 Å². The topological polar surface area (TPSA) is 55.5 Å². The number of fused-ring (bicyclic) bond motifs is 1. The molecule has 1 aromatic carbocycles. The molecule has 0 bridgehead atoms. The lowest BCUT2D eigenvalue weighted by Gasteiger charge is -2.46. The van der Waals surface area contributed by atoms with Crippen LogP contribution in [0.4, 0.5) is 0 Å². The lowest BCUT2D eigenvalue weighted by atomic mass is 9.64. The summed E-state index contributed by atoms with van der Waals surface area (Å²) in [5.41, 5.74) is 6.84. The van der Waals surface area contributed by atoms with Crippen LogP contribution < -0.4 is 10.5 Å². The zero-order valence-corrected chi connectivity index (χ0v) is 10.6. The van der Waals surface area contributed by atoms with Crippen molar-refractivity contribution in [3.8, 4) is 5.75 Å². The first-order valence-electron chi connectivity index (χ1n) is 6.88. The van der Waals surface area contributed by atoms with Crippen LogP contribution in [0.25, 0.3) is 0 Å². The van der Waals surface area contributed by atoms with Crippen LogP contribution in [0.3, 0.4) is 0 Å². The third-order valence-corrected chi connectivity index (χ3v) is 4.76. The number of benzene rings is 1. The van der Waals surface area contributed by atoms with Gasteiger partial charge < -0.3 is 15.6 Å². The second kappa shape index (κ2) is 4.56. The number of rotatable bonds is 3. The molecule has 1 saturated carbocycles. The first-order chi connectivity index (χ1) is 8.78. The van der Waals surface area contributed by atoms with Gasteiger partial charge in [-0.05, 0) is 31.2 Å². The predicted molar refractivity (Wildman–Crippen MR) is 70.6 cm³/mol. The van der Waals surface area contributed by atoms with Gasteiger partial charge in [0.05, 0.1) is 12.7 Å². The summed E-state index contributed by atoms with van der Waals surface area (Å²) < 4.78 is 5.70. The fraction of sp³-hybridized carbons (Fsp3) is 0.600. The smallest absolute Gasteiger partial charge is 0.123 e. The minimum absolute atomic E-state index is 0.306. The third kappa shape index (κ3) is 1.65. The van der Waals surface area contributed by atoms with Crippen molar-refractivity contribution in [1.82, 2.24) is 0 Å². The lowest BCUT2D eigenvalue weighted by Crippen LogP contribution is -2.53. The summed E-state index contributed by atoms with van der Waals surface area (Å²) in [6.45, 7) is 1.14. The van der Waals surface area contributed by atoms with Crippen LogP contribution in [0.1, 0.15) is 31.2 Å². The lowest BCUT2D eigenvalue weighted by molar-refractivity contribution is -0.0172. The van der Waals surface area contributed by atoms with Gasteiger partial charge in [0.15, 0.2) is 0 Å². The highest BCUT2D eigenvalue weighted by molar-refractivity contribution is 5.43. The van der Waals surface area contributed by atoms with Crippen molar-refractivity contribution in [1.29, 1.82) is 0 Å². The van der Waals surface area contributed by atoms with Gasteiger partial charge in [-0.2, -0.15) is 0 Å². The van der Waals surface area contributed by atoms with Gasteiger partial charge in [0.2, 0.25) is 0 Å². The highest BCUT2D eigenvalue weighted by Gasteiger charge is 2.46. The Balaban J connectivity index is 2.00. The molecule has 2 aliphatic rings. The Hall–Kier alpha value is -1.06. The highest BCUT2D eigenvalue weighted by atomic mass is 16.5. The molecule has 3 rings (SSSR count). The molecule has 1 aromatic rings. The van der Waals surface area contributed by atoms with Gasteiger partial charge >= 0.3 is 0 Å². The van der Waals surface area contributed by atoms with Gasteiger partial charge in [0.1, 0.15) is 5.75 Å². The normalized spacial score (nSPS) is 29.0. The predicted octanol–water partition coefficient (Wildman–Crippen LogP) is 1.83. The summed E-state index contributed by atoms with van der Waals surface area (Å²) in [4.78, 5) is 0. The molecule has 2 atom stereocenters. The molecule has 0 aromatic heterocycles. The number of aliphatic hydroxyl groups excluding tert-OH is 1. The monoisotopic (exact) mass is 247 g/mol. The summed E-state index contributed by atoms with van der Waals surface area (Å²) >= 11 is 0. The summed E-state index contributed by atoms with van der Waals surface area (Å²) in [6, 6.07) is 8.02. The standard InChI is InChI=1S/C15H21NO2/c16-10-15(14(17)11-4-3-5-11)8-9-18-13-7-2-1-6-12(13)15/h1-2,6-7,11,14,17H,3-5,8-10,16H2. The molecule has 0 radical (unpaired) electrons. The van der Waals surface area contributed by atoms with Crippen molar-refractivity contribution < 1.29 is 9.84 Å². The molecule has 0 amide bonds. The van der Waals surface area contributed by atoms with Crippen LogP contribution in [0.5, 0.6) is 5.75 Å². The van der Waals surface area contributed by atoms with Crippen LogP contribution >= 0.6 is 0 Å². The molecule has 0 spiro atoms. The average molecular weight is 247 g/mol. The first-order valence-corrected chi connectivity index (χ1v) is 6.88. The second-order valence-corrected chi connectivity index (χ2v) is 5.59. The van der Waals surface area contributed by atoms with Crippen molar-refractivity contribution in [3.63, 3.8) is 0 Å². The molecule has 3 N–H and O–H groups in total. The number of nitrogens with two attached hydrogens (primary N) is 1. The maximum atomic E-state index is 10.8. The van der Waals surface area contributed by atoms with Crippen LogP contribution in [-0.2, 0) is 5.41 Å². The number of ether oxygens (including phenoxy) is 1. The minimum Gasteiger partial charge on any atom is -0.493 e. The molecule has 3 heteroatoms. The van der Waals surface area contributed by atoms with E-state index in [1.807, 2.05) is 18.2 Å². The molecule has 0 saturated heterocycles. The van der Waals surface area contributed by atoms with Crippen molar-refractivity contribution >= 4 is 0 Å². The molecular formula is C15H21NO2. The zero-order chi connectivity index (χ0) is 12.6. The first kappa shape index (κ1) is 12.0. The van der Waals surface area contributed by atoms with Crippen LogP contribution in [-0.4, -0.2) is 24.4 Å². The molecular weight excluding hydrogens is 226 g/mol. The van der Waals surface area contributed by atoms with Gasteiger partial charge in [0.25, 0.3) is 0 Å². The van der Waals surface area contributed by atoms with Gasteiger partial charge in [-0.15, -0.1) is 0 Å². The van der Waals surface area contributed by atoms with E-state index in [-0.39, 0.29) is 11.5 Å². The average Bonchev–Trinajstić information content (AvgIpc) is 2.36. The number of aliphatic hydroxyl groups is 1. The van der Waals surface area contributed by atoms with E-state index in [2.05, 4.69) is 6.07 Å². The minimum atomic E-state index is -0.332. The number of hydrogen-bond acceptors (Lipinski definition) is 3. The fourth-order valence-electron chi connectivity index (χ4n) is 3.33. The van der Waals surface area contributed by atoms with Crippen LogP contribution in [0.15, 0.2) is 24.3 Å². The molecule has 1 aliphatic carbocycles. The Morgan fingerprint density at radius 2 is 2.17 bits per heavy atom. The van der Waals surface area contributed by atoms with E-state index in [0.29, 0.717) is 19.1 Å². The molecule has 1 aliphatic heterocycles. The zero-order valence-electron chi connectivity index (χ0n) is 10.6. The molecule has 1 heterocycles. The maximum absolute atomic E-state index is 10.8. The van der Waals surface area contributed by atoms with E-state index in [1.54, 1.807) is 0 Å². The third-order valence-electron chi connectivity index (χ3n) is 4.76. The molecule has 2 unspecified atom stereocenters. The van der Waals surface area contributed by atoms with Crippen LogP contribution in [0.2, 0.25) is 0 Å². The van der Waals surface area contributed by atoms with Crippen molar-refractivity contribution in [2.75, 3.05) is 13.2 Å². The van der Waals surface area contributed by atoms with Gasteiger partial charge in [0, 0.05) is 17.5 Å². The molecule has 98 valence electrons. The molecule has 1 fully saturated rings. The maximum Gasteiger partial charge on any atom is 0.123 e. The van der Waals surface area contributed by atoms with E-state index in [9.17, 15) is 5.11 Å². The largest absolute Gasteiger partial charge is 0.493 e. The van der Waals surface area contributed by atoms with E-state index in [0.717, 1.165) is 30.6 Å². The van der Waals surface area contributed by atoms with E-state index < -0.39 is 0 Å². The number of hydrogen-bond donors (Lipinski definition) is 2. The van der Waals surface area contributed by atoms with Gasteiger partial charge in [-0.3, -0.25) is 0 Å². The Morgan fingerprint density at radius 1 is 1.39 bits per heavy atom. The molecule has 18 heavy (non-hydrogen) atoms. The Labute approximate surface area is 108 Å². The summed E-state index contributed by atoms with van der Waals surface area (Å²) in [5, 5.41) is 10.8. The summed E-state index contributed by atoms with van der Waals surface area (Å²) in [5.74, 6) is 1.31. The summed E-state index contributed by atoms with van der Waals surface area (Å²) in [6.07, 6.45) is 3.98. The Bertz CT molecular complexity index is 430. The van der Waals surface area contributed by atoms with E-state index >= 15 is 0 Å². The Morgan fingerprint density at radius 3 is 2.83 bits per heavy atom. The van der Waals surface area contributed by atoms with E-state index in [4.69, 9.17) is 10.5 Å². The second-order valence-electron chi connectivity index (χ2n) is 5.59. The Kier molecular flexibility index (Phi) is 3.04.